The van der Waals surface area contributed by atoms with Crippen LogP contribution in [0, 0.1) is 0 Å². The molecule has 0 atom stereocenters. The van der Waals surface area contributed by atoms with Crippen molar-refractivity contribution in [2.45, 2.75) is 45.0 Å². The molecule has 0 radical (unpaired) electrons. The third-order valence-electron chi connectivity index (χ3n) is 2.69. The highest BCUT2D eigenvalue weighted by atomic mass is 19.3. The lowest BCUT2D eigenvalue weighted by atomic mass is 10.00. The highest BCUT2D eigenvalue weighted by molar-refractivity contribution is 5.27. The van der Waals surface area contributed by atoms with Crippen molar-refractivity contribution in [2.75, 3.05) is 0 Å². The molecule has 0 amide bonds. The number of rotatable bonds is 5. The van der Waals surface area contributed by atoms with Crippen molar-refractivity contribution in [3.05, 3.63) is 35.4 Å². The first kappa shape index (κ1) is 14.0. The van der Waals surface area contributed by atoms with Gasteiger partial charge in [0.05, 0.1) is 0 Å². The van der Waals surface area contributed by atoms with Gasteiger partial charge in [-0.15, -0.1) is 0 Å². The van der Waals surface area contributed by atoms with Gasteiger partial charge in [0.25, 0.3) is 0 Å². The number of alkyl halides is 4. The fraction of sp³-hybridized carbons (Fsp3) is 0.538. The Morgan fingerprint density at radius 2 is 1.53 bits per heavy atom. The van der Waals surface area contributed by atoms with E-state index in [1.54, 1.807) is 0 Å². The second kappa shape index (κ2) is 5.07. The zero-order valence-corrected chi connectivity index (χ0v) is 9.94. The molecule has 0 N–H and O–H groups in total. The molecule has 0 aliphatic rings. The van der Waals surface area contributed by atoms with E-state index in [0.717, 1.165) is 37.0 Å². The minimum atomic E-state index is -4.11. The van der Waals surface area contributed by atoms with Crippen molar-refractivity contribution in [3.8, 4) is 0 Å². The zero-order chi connectivity index (χ0) is 13.1. The largest absolute Gasteiger partial charge is 0.335 e. The number of unbranched alkanes of at least 4 members (excludes halogenated alkanes) is 1. The Morgan fingerprint density at radius 1 is 1.00 bits per heavy atom. The molecule has 0 unspecified atom stereocenters. The fourth-order valence-electron chi connectivity index (χ4n) is 1.52. The van der Waals surface area contributed by atoms with Gasteiger partial charge in [0.15, 0.2) is 0 Å². The summed E-state index contributed by atoms with van der Waals surface area (Å²) in [6.07, 6.45) is 2.75. The van der Waals surface area contributed by atoms with Crippen molar-refractivity contribution in [1.82, 2.24) is 0 Å². The zero-order valence-electron chi connectivity index (χ0n) is 9.94. The predicted octanol–water partition coefficient (Wildman–Crippen LogP) is 4.78. The maximum atomic E-state index is 13.3. The summed E-state index contributed by atoms with van der Waals surface area (Å²) in [6, 6.07) is 5.15. The van der Waals surface area contributed by atoms with E-state index in [1.165, 1.54) is 12.1 Å². The third-order valence-corrected chi connectivity index (χ3v) is 2.69. The van der Waals surface area contributed by atoms with Crippen LogP contribution in [0.3, 0.4) is 0 Å². The monoisotopic (exact) mass is 248 g/mol. The maximum absolute atomic E-state index is 13.3. The van der Waals surface area contributed by atoms with Gasteiger partial charge in [0.1, 0.15) is 0 Å². The van der Waals surface area contributed by atoms with Gasteiger partial charge in [-0.25, -0.2) is 0 Å². The molecular formula is C13H16F4. The van der Waals surface area contributed by atoms with Gasteiger partial charge in [-0.1, -0.05) is 37.6 Å². The normalized spacial score (nSPS) is 12.8. The van der Waals surface area contributed by atoms with Crippen LogP contribution in [-0.4, -0.2) is 5.92 Å². The summed E-state index contributed by atoms with van der Waals surface area (Å²) in [5.41, 5.74) is 0.260. The van der Waals surface area contributed by atoms with Crippen molar-refractivity contribution < 1.29 is 17.6 Å². The summed E-state index contributed by atoms with van der Waals surface area (Å²) in [4.78, 5) is 0. The molecule has 1 aromatic carbocycles. The minimum Gasteiger partial charge on any atom is -0.200 e. The number of aryl methyl sites for hydroxylation is 1. The van der Waals surface area contributed by atoms with E-state index in [2.05, 4.69) is 0 Å². The summed E-state index contributed by atoms with van der Waals surface area (Å²) in [7, 11) is 0. The van der Waals surface area contributed by atoms with Gasteiger partial charge < -0.3 is 0 Å². The van der Waals surface area contributed by atoms with Crippen molar-refractivity contribution in [1.29, 1.82) is 0 Å². The second-order valence-corrected chi connectivity index (χ2v) is 4.26. The summed E-state index contributed by atoms with van der Waals surface area (Å²) < 4.78 is 52.1. The molecule has 0 heterocycles. The van der Waals surface area contributed by atoms with E-state index in [9.17, 15) is 17.6 Å². The maximum Gasteiger partial charge on any atom is 0.335 e. The number of halogens is 4. The summed E-state index contributed by atoms with van der Waals surface area (Å²) >= 11 is 0. The Hall–Kier alpha value is -1.06. The summed E-state index contributed by atoms with van der Waals surface area (Å²) in [5.74, 6) is -8.16. The average Bonchev–Trinajstić information content (AvgIpc) is 2.25. The van der Waals surface area contributed by atoms with Gasteiger partial charge in [-0.05, 0) is 18.4 Å². The van der Waals surface area contributed by atoms with Crippen LogP contribution in [0.4, 0.5) is 17.6 Å². The van der Waals surface area contributed by atoms with E-state index in [1.807, 2.05) is 6.92 Å². The van der Waals surface area contributed by atoms with Gasteiger partial charge in [0, 0.05) is 12.5 Å². The molecular weight excluding hydrogens is 232 g/mol. The standard InChI is InChI=1S/C13H16F4/c1-3-4-5-10-6-8-11(9-7-10)13(16,17)12(2,14)15/h6-9H,3-5H2,1-2H3. The Labute approximate surface area is 98.6 Å². The van der Waals surface area contributed by atoms with Crippen molar-refractivity contribution in [3.63, 3.8) is 0 Å². The molecule has 96 valence electrons. The highest BCUT2D eigenvalue weighted by Crippen LogP contribution is 2.42. The summed E-state index contributed by atoms with van der Waals surface area (Å²) in [5, 5.41) is 0. The highest BCUT2D eigenvalue weighted by Gasteiger charge is 2.53. The first-order chi connectivity index (χ1) is 7.79. The molecule has 0 aliphatic heterocycles. The van der Waals surface area contributed by atoms with Crippen LogP contribution >= 0.6 is 0 Å². The molecule has 0 fully saturated rings. The molecule has 0 bridgehead atoms. The first-order valence-electron chi connectivity index (χ1n) is 5.64. The molecule has 0 nitrogen and oxygen atoms in total. The second-order valence-electron chi connectivity index (χ2n) is 4.26. The number of hydrogen-bond donors (Lipinski definition) is 0. The average molecular weight is 248 g/mol. The van der Waals surface area contributed by atoms with Crippen molar-refractivity contribution >= 4 is 0 Å². The third kappa shape index (κ3) is 3.20. The quantitative estimate of drug-likeness (QED) is 0.658. The van der Waals surface area contributed by atoms with Crippen LogP contribution in [0.2, 0.25) is 0 Å². The predicted molar refractivity (Wildman–Crippen MR) is 59.6 cm³/mol. The lowest BCUT2D eigenvalue weighted by Gasteiger charge is -2.23. The minimum absolute atomic E-state index is 0.234. The van der Waals surface area contributed by atoms with Crippen LogP contribution in [-0.2, 0) is 12.3 Å². The van der Waals surface area contributed by atoms with Crippen LogP contribution in [0.1, 0.15) is 37.8 Å². The van der Waals surface area contributed by atoms with Gasteiger partial charge in [-0.2, -0.15) is 17.6 Å². The SMILES string of the molecule is CCCCc1ccc(C(F)(F)C(C)(F)F)cc1. The first-order valence-corrected chi connectivity index (χ1v) is 5.64. The Bertz CT molecular complexity index is 349. The molecule has 0 saturated heterocycles. The molecule has 0 saturated carbocycles. The Kier molecular flexibility index (Phi) is 4.17. The molecule has 0 aliphatic carbocycles. The van der Waals surface area contributed by atoms with E-state index in [-0.39, 0.29) is 6.92 Å². The van der Waals surface area contributed by atoms with Crippen LogP contribution in [0.15, 0.2) is 24.3 Å². The molecule has 1 aromatic rings. The molecule has 0 spiro atoms. The van der Waals surface area contributed by atoms with Gasteiger partial charge >= 0.3 is 11.8 Å². The molecule has 4 heteroatoms. The molecule has 1 rings (SSSR count). The molecule has 0 aromatic heterocycles. The Morgan fingerprint density at radius 3 is 1.94 bits per heavy atom. The van der Waals surface area contributed by atoms with Crippen LogP contribution < -0.4 is 0 Å². The van der Waals surface area contributed by atoms with E-state index < -0.39 is 17.4 Å². The van der Waals surface area contributed by atoms with E-state index in [4.69, 9.17) is 0 Å². The smallest absolute Gasteiger partial charge is 0.200 e. The van der Waals surface area contributed by atoms with Crippen molar-refractivity contribution in [2.24, 2.45) is 0 Å². The Balaban J connectivity index is 2.87. The topological polar surface area (TPSA) is 0 Å². The van der Waals surface area contributed by atoms with Crippen LogP contribution in [0.25, 0.3) is 0 Å². The number of benzene rings is 1. The van der Waals surface area contributed by atoms with Gasteiger partial charge in [-0.3, -0.25) is 0 Å². The number of hydrogen-bond acceptors (Lipinski definition) is 0. The van der Waals surface area contributed by atoms with Crippen LogP contribution in [0.5, 0.6) is 0 Å². The lowest BCUT2D eigenvalue weighted by Crippen LogP contribution is -2.34. The van der Waals surface area contributed by atoms with Gasteiger partial charge in [0.2, 0.25) is 0 Å². The molecule has 17 heavy (non-hydrogen) atoms. The van der Waals surface area contributed by atoms with E-state index >= 15 is 0 Å². The summed E-state index contributed by atoms with van der Waals surface area (Å²) in [6.45, 7) is 2.26. The lowest BCUT2D eigenvalue weighted by molar-refractivity contribution is -0.204. The fourth-order valence-corrected chi connectivity index (χ4v) is 1.52. The van der Waals surface area contributed by atoms with E-state index in [0.29, 0.717) is 0 Å².